The van der Waals surface area contributed by atoms with Gasteiger partial charge in [-0.15, -0.1) is 11.8 Å². The minimum atomic E-state index is -0.817. The highest BCUT2D eigenvalue weighted by atomic mass is 35.5. The van der Waals surface area contributed by atoms with Gasteiger partial charge in [-0.1, -0.05) is 29.8 Å². The fourth-order valence-corrected chi connectivity index (χ4v) is 6.74. The van der Waals surface area contributed by atoms with E-state index in [1.807, 2.05) is 30.0 Å². The predicted molar refractivity (Wildman–Crippen MR) is 154 cm³/mol. The van der Waals surface area contributed by atoms with Crippen molar-refractivity contribution in [3.05, 3.63) is 64.8 Å². The maximum atomic E-state index is 11.8. The van der Waals surface area contributed by atoms with Gasteiger partial charge in [-0.25, -0.2) is 0 Å². The van der Waals surface area contributed by atoms with E-state index in [4.69, 9.17) is 16.3 Å². The molecular formula is C30H37ClN2O4S. The van der Waals surface area contributed by atoms with E-state index in [2.05, 4.69) is 41.1 Å². The van der Waals surface area contributed by atoms with Crippen LogP contribution in [0.25, 0.3) is 10.9 Å². The van der Waals surface area contributed by atoms with E-state index in [1.54, 1.807) is 13.3 Å². The van der Waals surface area contributed by atoms with Gasteiger partial charge in [-0.2, -0.15) is 0 Å². The van der Waals surface area contributed by atoms with Gasteiger partial charge in [0, 0.05) is 22.0 Å². The number of ether oxygens (including phenoxy) is 1. The Morgan fingerprint density at radius 2 is 2.00 bits per heavy atom. The third-order valence-corrected chi connectivity index (χ3v) is 9.33. The van der Waals surface area contributed by atoms with Crippen molar-refractivity contribution in [1.82, 2.24) is 9.88 Å². The largest absolute Gasteiger partial charge is 0.497 e. The fourth-order valence-electron chi connectivity index (χ4n) is 5.50. The third-order valence-electron chi connectivity index (χ3n) is 7.76. The number of thioether (sulfide) groups is 1. The second-order valence-electron chi connectivity index (χ2n) is 10.3. The van der Waals surface area contributed by atoms with E-state index in [0.29, 0.717) is 29.2 Å². The Hall–Kier alpha value is -2.32. The Morgan fingerprint density at radius 3 is 2.71 bits per heavy atom. The van der Waals surface area contributed by atoms with E-state index in [1.165, 1.54) is 10.5 Å². The van der Waals surface area contributed by atoms with Gasteiger partial charge in [0.05, 0.1) is 30.2 Å². The van der Waals surface area contributed by atoms with Crippen LogP contribution in [-0.2, 0) is 4.79 Å². The second-order valence-corrected chi connectivity index (χ2v) is 11.9. The maximum Gasteiger partial charge on any atom is 0.303 e. The Balaban J connectivity index is 1.35. The number of benzene rings is 2. The van der Waals surface area contributed by atoms with Gasteiger partial charge < -0.3 is 19.8 Å². The lowest BCUT2D eigenvalue weighted by Gasteiger charge is -2.41. The molecule has 204 valence electrons. The van der Waals surface area contributed by atoms with Crippen molar-refractivity contribution in [2.75, 3.05) is 32.5 Å². The molecule has 3 aromatic rings. The number of hydrogen-bond acceptors (Lipinski definition) is 6. The maximum absolute atomic E-state index is 11.8. The van der Waals surface area contributed by atoms with Gasteiger partial charge in [-0.05, 0) is 99.7 Å². The molecule has 6 nitrogen and oxygen atoms in total. The Kier molecular flexibility index (Phi) is 9.93. The molecule has 1 fully saturated rings. The minimum Gasteiger partial charge on any atom is -0.497 e. The fraction of sp³-hybridized carbons (Fsp3) is 0.467. The molecule has 2 aromatic carbocycles. The summed E-state index contributed by atoms with van der Waals surface area (Å²) in [6, 6.07) is 14.0. The third kappa shape index (κ3) is 7.20. The summed E-state index contributed by atoms with van der Waals surface area (Å²) >= 11 is 8.40. The Morgan fingerprint density at radius 1 is 1.24 bits per heavy atom. The number of fused-ring (bicyclic) bond motifs is 1. The molecule has 38 heavy (non-hydrogen) atoms. The number of aliphatic hydroxyl groups excluding tert-OH is 1. The van der Waals surface area contributed by atoms with Crippen LogP contribution in [0.4, 0.5) is 0 Å². The molecule has 1 atom stereocenters. The van der Waals surface area contributed by atoms with Crippen LogP contribution in [-0.4, -0.2) is 58.6 Å². The topological polar surface area (TPSA) is 82.9 Å². The van der Waals surface area contributed by atoms with E-state index in [9.17, 15) is 15.0 Å². The van der Waals surface area contributed by atoms with Crippen molar-refractivity contribution in [1.29, 1.82) is 0 Å². The monoisotopic (exact) mass is 556 g/mol. The highest BCUT2D eigenvalue weighted by Crippen LogP contribution is 2.43. The lowest BCUT2D eigenvalue weighted by molar-refractivity contribution is -0.141. The molecule has 1 aliphatic heterocycles. The first-order chi connectivity index (χ1) is 18.3. The molecule has 0 aliphatic carbocycles. The van der Waals surface area contributed by atoms with Crippen molar-refractivity contribution in [2.24, 2.45) is 5.41 Å². The quantitative estimate of drug-likeness (QED) is 0.188. The number of likely N-dealkylation sites (tertiary alicyclic amines) is 1. The molecule has 1 aliphatic rings. The van der Waals surface area contributed by atoms with Crippen LogP contribution in [0.1, 0.15) is 55.8 Å². The number of aryl methyl sites for hydroxylation is 1. The van der Waals surface area contributed by atoms with E-state index < -0.39 is 12.1 Å². The zero-order valence-electron chi connectivity index (χ0n) is 22.2. The lowest BCUT2D eigenvalue weighted by Crippen LogP contribution is -2.41. The van der Waals surface area contributed by atoms with Crippen LogP contribution < -0.4 is 4.74 Å². The average Bonchev–Trinajstić information content (AvgIpc) is 2.91. The number of carboxylic acid groups (broad SMARTS) is 1. The summed E-state index contributed by atoms with van der Waals surface area (Å²) in [6.07, 6.45) is 4.67. The minimum absolute atomic E-state index is 0.120. The van der Waals surface area contributed by atoms with Gasteiger partial charge in [0.25, 0.3) is 0 Å². The number of aromatic nitrogens is 1. The first-order valence-corrected chi connectivity index (χ1v) is 14.6. The zero-order valence-corrected chi connectivity index (χ0v) is 23.7. The SMILES string of the molecule is COc1ccc2ncc(Cl)c(C(O)CCC3(CC(=O)O)CCN(CCCSc4ccccc4C)CC3)c2c1. The smallest absolute Gasteiger partial charge is 0.303 e. The van der Waals surface area contributed by atoms with Crippen LogP contribution >= 0.6 is 23.4 Å². The van der Waals surface area contributed by atoms with Crippen molar-refractivity contribution in [3.8, 4) is 5.75 Å². The molecule has 2 heterocycles. The molecule has 0 spiro atoms. The average molecular weight is 557 g/mol. The molecule has 1 saturated heterocycles. The van der Waals surface area contributed by atoms with Gasteiger partial charge in [0.2, 0.25) is 0 Å². The molecule has 4 rings (SSSR count). The predicted octanol–water partition coefficient (Wildman–Crippen LogP) is 6.76. The van der Waals surface area contributed by atoms with E-state index in [-0.39, 0.29) is 11.8 Å². The summed E-state index contributed by atoms with van der Waals surface area (Å²) < 4.78 is 5.36. The molecule has 0 amide bonds. The first kappa shape index (κ1) is 28.7. The molecule has 1 unspecified atom stereocenters. The van der Waals surface area contributed by atoms with Gasteiger partial charge in [0.15, 0.2) is 0 Å². The van der Waals surface area contributed by atoms with Crippen molar-refractivity contribution in [3.63, 3.8) is 0 Å². The summed E-state index contributed by atoms with van der Waals surface area (Å²) in [7, 11) is 1.60. The van der Waals surface area contributed by atoms with Crippen LogP contribution in [0.15, 0.2) is 53.6 Å². The number of aliphatic carboxylic acids is 1. The molecule has 8 heteroatoms. The molecule has 0 bridgehead atoms. The Labute approximate surface area is 234 Å². The van der Waals surface area contributed by atoms with E-state index >= 15 is 0 Å². The van der Waals surface area contributed by atoms with Crippen molar-refractivity contribution >= 4 is 40.2 Å². The summed E-state index contributed by atoms with van der Waals surface area (Å²) in [5.74, 6) is 0.959. The zero-order chi connectivity index (χ0) is 27.1. The molecule has 2 N–H and O–H groups in total. The number of carboxylic acids is 1. The number of methoxy groups -OCH3 is 1. The highest BCUT2D eigenvalue weighted by molar-refractivity contribution is 7.99. The summed E-state index contributed by atoms with van der Waals surface area (Å²) in [5, 5.41) is 22.1. The summed E-state index contributed by atoms with van der Waals surface area (Å²) in [5.41, 5.74) is 2.35. The summed E-state index contributed by atoms with van der Waals surface area (Å²) in [4.78, 5) is 20.0. The normalized spacial score (nSPS) is 16.4. The van der Waals surface area contributed by atoms with Crippen LogP contribution in [0.3, 0.4) is 0 Å². The standard InChI is InChI=1S/C30H37ClN2O4S/c1-21-6-3-4-7-27(21)38-17-5-14-33-15-12-30(13-16-33,19-28(35)36)11-10-26(34)29-23-18-22(37-2)8-9-25(23)32-20-24(29)31/h3-4,6-9,18,20,26,34H,5,10-17,19H2,1-2H3,(H,35,36). The number of hydrogen-bond donors (Lipinski definition) is 2. The van der Waals surface area contributed by atoms with Gasteiger partial charge in [0.1, 0.15) is 5.75 Å². The second kappa shape index (κ2) is 13.2. The van der Waals surface area contributed by atoms with Crippen molar-refractivity contribution < 1.29 is 19.7 Å². The molecule has 1 aromatic heterocycles. The first-order valence-electron chi connectivity index (χ1n) is 13.2. The Bertz CT molecular complexity index is 1250. The number of pyridine rings is 1. The van der Waals surface area contributed by atoms with Crippen LogP contribution in [0, 0.1) is 12.3 Å². The number of aliphatic hydroxyl groups is 1. The van der Waals surface area contributed by atoms with Gasteiger partial charge >= 0.3 is 5.97 Å². The molecule has 0 saturated carbocycles. The van der Waals surface area contributed by atoms with Crippen LogP contribution in [0.2, 0.25) is 5.02 Å². The lowest BCUT2D eigenvalue weighted by atomic mass is 9.71. The number of nitrogens with zero attached hydrogens (tertiary/aromatic N) is 2. The van der Waals surface area contributed by atoms with Gasteiger partial charge in [-0.3, -0.25) is 9.78 Å². The highest BCUT2D eigenvalue weighted by Gasteiger charge is 2.37. The number of halogens is 1. The summed E-state index contributed by atoms with van der Waals surface area (Å²) in [6.45, 7) is 4.93. The van der Waals surface area contributed by atoms with E-state index in [0.717, 1.165) is 55.6 Å². The number of carbonyl (C=O) groups is 1. The van der Waals surface area contributed by atoms with Crippen molar-refractivity contribution in [2.45, 2.75) is 56.4 Å². The molecular weight excluding hydrogens is 520 g/mol. The number of piperidine rings is 1. The number of rotatable bonds is 12. The molecule has 0 radical (unpaired) electrons. The van der Waals surface area contributed by atoms with Crippen LogP contribution in [0.5, 0.6) is 5.75 Å².